The molecule has 3 aromatic rings. The van der Waals surface area contributed by atoms with Gasteiger partial charge in [0, 0.05) is 63.6 Å². The molecular formula is C32H39F3N4O2. The first-order valence-corrected chi connectivity index (χ1v) is 14.0. The van der Waals surface area contributed by atoms with Crippen molar-refractivity contribution in [1.29, 1.82) is 0 Å². The van der Waals surface area contributed by atoms with E-state index in [1.54, 1.807) is 24.5 Å². The largest absolute Gasteiger partial charge is 0.421 e. The maximum absolute atomic E-state index is 13.2. The van der Waals surface area contributed by atoms with Crippen LogP contribution in [0.1, 0.15) is 49.4 Å². The van der Waals surface area contributed by atoms with E-state index in [-0.39, 0.29) is 23.6 Å². The minimum Gasteiger partial charge on any atom is -0.376 e. The molecule has 2 heterocycles. The second-order valence-corrected chi connectivity index (χ2v) is 11.4. The summed E-state index contributed by atoms with van der Waals surface area (Å²) in [7, 11) is 0. The molecule has 0 spiro atoms. The normalized spacial score (nSPS) is 18.3. The van der Waals surface area contributed by atoms with Crippen molar-refractivity contribution in [3.05, 3.63) is 89.2 Å². The number of nitrogens with zero attached hydrogens (tertiary/aromatic N) is 3. The Labute approximate surface area is 240 Å². The van der Waals surface area contributed by atoms with Gasteiger partial charge in [0.1, 0.15) is 0 Å². The zero-order chi connectivity index (χ0) is 29.8. The average molecular weight is 569 g/mol. The van der Waals surface area contributed by atoms with Crippen molar-refractivity contribution in [1.82, 2.24) is 20.1 Å². The molecule has 1 amide bonds. The maximum atomic E-state index is 13.2. The minimum absolute atomic E-state index is 0.0505. The Morgan fingerprint density at radius 1 is 1.02 bits per heavy atom. The molecule has 2 atom stereocenters. The first-order valence-electron chi connectivity index (χ1n) is 14.0. The van der Waals surface area contributed by atoms with E-state index in [9.17, 15) is 23.1 Å². The molecule has 0 bridgehead atoms. The number of aryl methyl sites for hydroxylation is 1. The van der Waals surface area contributed by atoms with Crippen LogP contribution in [0, 0.1) is 6.92 Å². The van der Waals surface area contributed by atoms with Crippen molar-refractivity contribution < 1.29 is 23.1 Å². The van der Waals surface area contributed by atoms with Crippen molar-refractivity contribution in [2.45, 2.75) is 71.1 Å². The topological polar surface area (TPSA) is 68.7 Å². The quantitative estimate of drug-likeness (QED) is 0.361. The monoisotopic (exact) mass is 568 g/mol. The van der Waals surface area contributed by atoms with Gasteiger partial charge in [-0.15, -0.1) is 0 Å². The number of rotatable bonds is 9. The second kappa shape index (κ2) is 12.7. The molecule has 1 fully saturated rings. The molecule has 41 heavy (non-hydrogen) atoms. The number of carbonyl (C=O) groups excluding carboxylic acids is 1. The molecule has 1 saturated heterocycles. The summed E-state index contributed by atoms with van der Waals surface area (Å²) in [6.07, 6.45) is -0.750. The van der Waals surface area contributed by atoms with Crippen molar-refractivity contribution in [3.63, 3.8) is 0 Å². The number of halogens is 3. The first kappa shape index (κ1) is 30.7. The fourth-order valence-corrected chi connectivity index (χ4v) is 5.36. The van der Waals surface area contributed by atoms with Crippen LogP contribution in [0.25, 0.3) is 11.1 Å². The molecule has 0 saturated carbocycles. The maximum Gasteiger partial charge on any atom is 0.421 e. The van der Waals surface area contributed by atoms with Gasteiger partial charge >= 0.3 is 6.18 Å². The summed E-state index contributed by atoms with van der Waals surface area (Å²) in [6, 6.07) is 16.2. The van der Waals surface area contributed by atoms with Crippen LogP contribution in [0.2, 0.25) is 0 Å². The summed E-state index contributed by atoms with van der Waals surface area (Å²) in [4.78, 5) is 21.5. The highest BCUT2D eigenvalue weighted by atomic mass is 19.4. The lowest BCUT2D eigenvalue weighted by atomic mass is 9.92. The summed E-state index contributed by atoms with van der Waals surface area (Å²) < 4.78 is 39.7. The molecule has 1 aliphatic rings. The number of nitrogens with one attached hydrogen (secondary N) is 1. The van der Waals surface area contributed by atoms with Crippen LogP contribution in [-0.2, 0) is 23.5 Å². The Morgan fingerprint density at radius 3 is 2.32 bits per heavy atom. The van der Waals surface area contributed by atoms with Gasteiger partial charge in [-0.25, -0.2) is 0 Å². The lowest BCUT2D eigenvalue weighted by Gasteiger charge is -2.41. The predicted molar refractivity (Wildman–Crippen MR) is 154 cm³/mol. The van der Waals surface area contributed by atoms with Crippen LogP contribution in [-0.4, -0.2) is 63.7 Å². The SMILES string of the molecule is Cc1cc(CN2CCN(Cc3ccncc3)[C@H](CC(=O)NC(C)C)C2)ccc1-c1ccc(C(C)(O)C(F)(F)F)cc1. The van der Waals surface area contributed by atoms with Crippen LogP contribution >= 0.6 is 0 Å². The first-order chi connectivity index (χ1) is 19.3. The lowest BCUT2D eigenvalue weighted by Crippen LogP contribution is -2.53. The van der Waals surface area contributed by atoms with Crippen molar-refractivity contribution in [3.8, 4) is 11.1 Å². The molecular weight excluding hydrogens is 529 g/mol. The van der Waals surface area contributed by atoms with Gasteiger partial charge in [0.15, 0.2) is 5.60 Å². The van der Waals surface area contributed by atoms with E-state index in [0.717, 1.165) is 61.9 Å². The fourth-order valence-electron chi connectivity index (χ4n) is 5.36. The average Bonchev–Trinajstić information content (AvgIpc) is 2.90. The van der Waals surface area contributed by atoms with Crippen LogP contribution in [0.4, 0.5) is 13.2 Å². The number of aromatic nitrogens is 1. The summed E-state index contributed by atoms with van der Waals surface area (Å²) in [6.45, 7) is 10.7. The lowest BCUT2D eigenvalue weighted by molar-refractivity contribution is -0.258. The van der Waals surface area contributed by atoms with Gasteiger partial charge in [-0.05, 0) is 73.2 Å². The van der Waals surface area contributed by atoms with E-state index in [0.29, 0.717) is 6.42 Å². The molecule has 220 valence electrons. The Bertz CT molecular complexity index is 1310. The summed E-state index contributed by atoms with van der Waals surface area (Å²) >= 11 is 0. The smallest absolute Gasteiger partial charge is 0.376 e. The summed E-state index contributed by atoms with van der Waals surface area (Å²) in [5.74, 6) is 0.0505. The van der Waals surface area contributed by atoms with Crippen LogP contribution in [0.5, 0.6) is 0 Å². The van der Waals surface area contributed by atoms with E-state index in [1.807, 2.05) is 45.0 Å². The molecule has 4 rings (SSSR count). The third-order valence-corrected chi connectivity index (χ3v) is 7.70. The number of amides is 1. The standard InChI is InChI=1S/C32H39F3N4O2/c1-22(2)37-30(40)18-28-21-38(15-16-39(28)20-24-11-13-36-14-12-24)19-25-5-10-29(23(3)17-25)26-6-8-27(9-7-26)31(4,41)32(33,34)35/h5-14,17,22,28,41H,15-16,18-21H2,1-4H3,(H,37,40)/t28-,31?/m1/s1. The van der Waals surface area contributed by atoms with Gasteiger partial charge in [0.05, 0.1) is 0 Å². The third kappa shape index (κ3) is 7.72. The zero-order valence-electron chi connectivity index (χ0n) is 24.1. The third-order valence-electron chi connectivity index (χ3n) is 7.70. The molecule has 2 N–H and O–H groups in total. The molecule has 2 aromatic carbocycles. The summed E-state index contributed by atoms with van der Waals surface area (Å²) in [5, 5.41) is 13.0. The Hall–Kier alpha value is -3.27. The van der Waals surface area contributed by atoms with Crippen LogP contribution in [0.15, 0.2) is 67.0 Å². The number of hydrogen-bond donors (Lipinski definition) is 2. The Balaban J connectivity index is 1.45. The van der Waals surface area contributed by atoms with Gasteiger partial charge in [0.25, 0.3) is 0 Å². The van der Waals surface area contributed by atoms with Crippen LogP contribution < -0.4 is 5.32 Å². The highest BCUT2D eigenvalue weighted by molar-refractivity contribution is 5.76. The van der Waals surface area contributed by atoms with Crippen molar-refractivity contribution >= 4 is 5.91 Å². The molecule has 0 radical (unpaired) electrons. The fraction of sp³-hybridized carbons (Fsp3) is 0.438. The van der Waals surface area contributed by atoms with E-state index in [4.69, 9.17) is 0 Å². The van der Waals surface area contributed by atoms with E-state index in [2.05, 4.69) is 26.2 Å². The van der Waals surface area contributed by atoms with Crippen LogP contribution in [0.3, 0.4) is 0 Å². The van der Waals surface area contributed by atoms with Gasteiger partial charge in [-0.2, -0.15) is 13.2 Å². The Kier molecular flexibility index (Phi) is 9.51. The number of benzene rings is 2. The highest BCUT2D eigenvalue weighted by Crippen LogP contribution is 2.39. The Morgan fingerprint density at radius 2 is 1.71 bits per heavy atom. The van der Waals surface area contributed by atoms with Gasteiger partial charge in [-0.3, -0.25) is 19.6 Å². The zero-order valence-corrected chi connectivity index (χ0v) is 24.1. The molecule has 6 nitrogen and oxygen atoms in total. The molecule has 9 heteroatoms. The number of pyridine rings is 1. The van der Waals surface area contributed by atoms with E-state index < -0.39 is 11.8 Å². The number of carbonyl (C=O) groups is 1. The minimum atomic E-state index is -4.76. The number of alkyl halides is 3. The number of hydrogen-bond acceptors (Lipinski definition) is 5. The molecule has 0 aliphatic carbocycles. The number of aliphatic hydroxyl groups is 1. The van der Waals surface area contributed by atoms with Gasteiger partial charge in [-0.1, -0.05) is 42.5 Å². The molecule has 1 aliphatic heterocycles. The number of piperazine rings is 1. The van der Waals surface area contributed by atoms with Crippen molar-refractivity contribution in [2.75, 3.05) is 19.6 Å². The molecule has 1 unspecified atom stereocenters. The van der Waals surface area contributed by atoms with E-state index in [1.165, 1.54) is 17.7 Å². The van der Waals surface area contributed by atoms with Crippen molar-refractivity contribution in [2.24, 2.45) is 0 Å². The van der Waals surface area contributed by atoms with Gasteiger partial charge < -0.3 is 10.4 Å². The molecule has 1 aromatic heterocycles. The van der Waals surface area contributed by atoms with E-state index >= 15 is 0 Å². The highest BCUT2D eigenvalue weighted by Gasteiger charge is 2.51. The second-order valence-electron chi connectivity index (χ2n) is 11.4. The predicted octanol–water partition coefficient (Wildman–Crippen LogP) is 5.43. The summed E-state index contributed by atoms with van der Waals surface area (Å²) in [5.41, 5.74) is 1.94. The van der Waals surface area contributed by atoms with Gasteiger partial charge in [0.2, 0.25) is 5.91 Å².